The molecule has 0 aliphatic carbocycles. The van der Waals surface area contributed by atoms with Gasteiger partial charge in [0, 0.05) is 11.9 Å². The predicted molar refractivity (Wildman–Crippen MR) is 55.0 cm³/mol. The van der Waals surface area contributed by atoms with Crippen molar-refractivity contribution in [3.63, 3.8) is 0 Å². The van der Waals surface area contributed by atoms with Crippen LogP contribution in [0.15, 0.2) is 0 Å². The molecule has 0 unspecified atom stereocenters. The van der Waals surface area contributed by atoms with E-state index in [-0.39, 0.29) is 0 Å². The van der Waals surface area contributed by atoms with Crippen molar-refractivity contribution < 1.29 is 0 Å². The molecular formula is C9H16N2S. The van der Waals surface area contributed by atoms with E-state index in [1.807, 2.05) is 7.05 Å². The summed E-state index contributed by atoms with van der Waals surface area (Å²) in [4.78, 5) is 5.93. The minimum absolute atomic E-state index is 1.05. The van der Waals surface area contributed by atoms with Crippen molar-refractivity contribution in [2.45, 2.75) is 33.1 Å². The van der Waals surface area contributed by atoms with Crippen LogP contribution in [0.25, 0.3) is 0 Å². The average Bonchev–Trinajstić information content (AvgIpc) is 2.48. The van der Waals surface area contributed by atoms with Gasteiger partial charge in [0.15, 0.2) is 5.13 Å². The molecule has 1 N–H and O–H groups in total. The summed E-state index contributed by atoms with van der Waals surface area (Å²) < 4.78 is 0. The maximum absolute atomic E-state index is 4.50. The van der Waals surface area contributed by atoms with Gasteiger partial charge in [0.1, 0.15) is 0 Å². The van der Waals surface area contributed by atoms with Crippen LogP contribution in [0.5, 0.6) is 0 Å². The Balaban J connectivity index is 2.84. The predicted octanol–water partition coefficient (Wildman–Crippen LogP) is 2.70. The fraction of sp³-hybridized carbons (Fsp3) is 0.667. The van der Waals surface area contributed by atoms with E-state index in [2.05, 4.69) is 24.1 Å². The summed E-state index contributed by atoms with van der Waals surface area (Å²) in [6, 6.07) is 0. The van der Waals surface area contributed by atoms with Crippen LogP contribution in [0.1, 0.15) is 30.8 Å². The van der Waals surface area contributed by atoms with Crippen LogP contribution in [0.3, 0.4) is 0 Å². The Labute approximate surface area is 78.0 Å². The zero-order chi connectivity index (χ0) is 8.97. The largest absolute Gasteiger partial charge is 0.365 e. The number of nitrogens with zero attached hydrogens (tertiary/aromatic N) is 1. The third-order valence-electron chi connectivity index (χ3n) is 1.80. The lowest BCUT2D eigenvalue weighted by molar-refractivity contribution is 0.875. The SMILES string of the molecule is CCCc1nc(NC)sc1CC. The van der Waals surface area contributed by atoms with E-state index in [1.54, 1.807) is 11.3 Å². The Hall–Kier alpha value is -0.570. The zero-order valence-electron chi connectivity index (χ0n) is 7.98. The zero-order valence-corrected chi connectivity index (χ0v) is 8.79. The molecule has 3 heteroatoms. The van der Waals surface area contributed by atoms with Crippen LogP contribution in [-0.4, -0.2) is 12.0 Å². The lowest BCUT2D eigenvalue weighted by atomic mass is 10.2. The molecule has 0 aliphatic rings. The Morgan fingerprint density at radius 2 is 2.17 bits per heavy atom. The number of hydrogen-bond donors (Lipinski definition) is 1. The van der Waals surface area contributed by atoms with Gasteiger partial charge in [-0.2, -0.15) is 0 Å². The molecule has 1 aromatic rings. The highest BCUT2D eigenvalue weighted by Crippen LogP contribution is 2.23. The van der Waals surface area contributed by atoms with Crippen LogP contribution >= 0.6 is 11.3 Å². The van der Waals surface area contributed by atoms with Gasteiger partial charge in [0.25, 0.3) is 0 Å². The van der Waals surface area contributed by atoms with E-state index in [0.29, 0.717) is 0 Å². The lowest BCUT2D eigenvalue weighted by Gasteiger charge is -1.94. The van der Waals surface area contributed by atoms with Gasteiger partial charge in [-0.25, -0.2) is 4.98 Å². The highest BCUT2D eigenvalue weighted by Gasteiger charge is 2.06. The van der Waals surface area contributed by atoms with Gasteiger partial charge < -0.3 is 5.32 Å². The summed E-state index contributed by atoms with van der Waals surface area (Å²) in [6.07, 6.45) is 3.40. The molecule has 0 radical (unpaired) electrons. The number of nitrogens with one attached hydrogen (secondary N) is 1. The summed E-state index contributed by atoms with van der Waals surface area (Å²) in [5.74, 6) is 0. The fourth-order valence-electron chi connectivity index (χ4n) is 1.20. The molecule has 0 atom stereocenters. The fourth-order valence-corrected chi connectivity index (χ4v) is 2.10. The van der Waals surface area contributed by atoms with Gasteiger partial charge in [-0.1, -0.05) is 20.3 Å². The molecule has 2 nitrogen and oxygen atoms in total. The van der Waals surface area contributed by atoms with Gasteiger partial charge in [-0.3, -0.25) is 0 Å². The summed E-state index contributed by atoms with van der Waals surface area (Å²) in [6.45, 7) is 4.38. The maximum atomic E-state index is 4.50. The Morgan fingerprint density at radius 1 is 1.42 bits per heavy atom. The molecule has 0 spiro atoms. The second-order valence-corrected chi connectivity index (χ2v) is 3.83. The van der Waals surface area contributed by atoms with E-state index in [0.717, 1.165) is 18.0 Å². The summed E-state index contributed by atoms with van der Waals surface area (Å²) in [5.41, 5.74) is 1.29. The summed E-state index contributed by atoms with van der Waals surface area (Å²) in [7, 11) is 1.92. The molecule has 12 heavy (non-hydrogen) atoms. The Kier molecular flexibility index (Phi) is 3.53. The molecule has 0 aliphatic heterocycles. The number of rotatable bonds is 4. The summed E-state index contributed by atoms with van der Waals surface area (Å²) >= 11 is 1.78. The van der Waals surface area contributed by atoms with Crippen molar-refractivity contribution in [1.29, 1.82) is 0 Å². The van der Waals surface area contributed by atoms with Gasteiger partial charge in [-0.05, 0) is 12.8 Å². The van der Waals surface area contributed by atoms with Crippen LogP contribution in [0.2, 0.25) is 0 Å². The van der Waals surface area contributed by atoms with E-state index in [4.69, 9.17) is 0 Å². The second kappa shape index (κ2) is 4.45. The first-order valence-corrected chi connectivity index (χ1v) is 5.29. The van der Waals surface area contributed by atoms with Crippen molar-refractivity contribution in [3.05, 3.63) is 10.6 Å². The molecule has 0 saturated heterocycles. The monoisotopic (exact) mass is 184 g/mol. The first-order valence-electron chi connectivity index (χ1n) is 4.48. The lowest BCUT2D eigenvalue weighted by Crippen LogP contribution is -1.90. The number of anilines is 1. The van der Waals surface area contributed by atoms with Crippen LogP contribution < -0.4 is 5.32 Å². The van der Waals surface area contributed by atoms with Crippen LogP contribution in [0, 0.1) is 0 Å². The minimum atomic E-state index is 1.05. The molecule has 0 amide bonds. The van der Waals surface area contributed by atoms with Crippen molar-refractivity contribution in [2.24, 2.45) is 0 Å². The molecule has 0 bridgehead atoms. The highest BCUT2D eigenvalue weighted by atomic mass is 32.1. The molecule has 0 saturated carbocycles. The number of aromatic nitrogens is 1. The highest BCUT2D eigenvalue weighted by molar-refractivity contribution is 7.15. The minimum Gasteiger partial charge on any atom is -0.365 e. The topological polar surface area (TPSA) is 24.9 Å². The quantitative estimate of drug-likeness (QED) is 0.778. The van der Waals surface area contributed by atoms with E-state index >= 15 is 0 Å². The van der Waals surface area contributed by atoms with Gasteiger partial charge >= 0.3 is 0 Å². The number of thiazole rings is 1. The van der Waals surface area contributed by atoms with E-state index in [1.165, 1.54) is 17.0 Å². The third kappa shape index (κ3) is 1.97. The van der Waals surface area contributed by atoms with Crippen molar-refractivity contribution in [3.8, 4) is 0 Å². The van der Waals surface area contributed by atoms with Crippen molar-refractivity contribution >= 4 is 16.5 Å². The van der Waals surface area contributed by atoms with Crippen molar-refractivity contribution in [1.82, 2.24) is 4.98 Å². The van der Waals surface area contributed by atoms with Gasteiger partial charge in [0.2, 0.25) is 0 Å². The van der Waals surface area contributed by atoms with Crippen LogP contribution in [0.4, 0.5) is 5.13 Å². The normalized spacial score (nSPS) is 10.2. The van der Waals surface area contributed by atoms with E-state index in [9.17, 15) is 0 Å². The standard InChI is InChI=1S/C9H16N2S/c1-4-6-7-8(5-2)12-9(10-3)11-7/h4-6H2,1-3H3,(H,10,11). The molecular weight excluding hydrogens is 168 g/mol. The first kappa shape index (κ1) is 9.52. The van der Waals surface area contributed by atoms with Crippen LogP contribution in [-0.2, 0) is 12.8 Å². The number of hydrogen-bond acceptors (Lipinski definition) is 3. The van der Waals surface area contributed by atoms with Gasteiger partial charge in [0.05, 0.1) is 5.69 Å². The summed E-state index contributed by atoms with van der Waals surface area (Å²) in [5, 5.41) is 4.14. The third-order valence-corrected chi connectivity index (χ3v) is 3.06. The molecule has 0 fully saturated rings. The average molecular weight is 184 g/mol. The first-order chi connectivity index (χ1) is 5.81. The maximum Gasteiger partial charge on any atom is 0.182 e. The molecule has 1 heterocycles. The number of aryl methyl sites for hydroxylation is 2. The second-order valence-electron chi connectivity index (χ2n) is 2.74. The Bertz CT molecular complexity index is 243. The van der Waals surface area contributed by atoms with Gasteiger partial charge in [-0.15, -0.1) is 11.3 Å². The molecule has 0 aromatic carbocycles. The van der Waals surface area contributed by atoms with E-state index < -0.39 is 0 Å². The molecule has 1 rings (SSSR count). The molecule has 68 valence electrons. The molecule has 1 aromatic heterocycles. The van der Waals surface area contributed by atoms with Crippen molar-refractivity contribution in [2.75, 3.05) is 12.4 Å². The Morgan fingerprint density at radius 3 is 2.67 bits per heavy atom. The smallest absolute Gasteiger partial charge is 0.182 e.